The Balaban J connectivity index is 1.59. The van der Waals surface area contributed by atoms with Crippen molar-refractivity contribution in [3.05, 3.63) is 22.4 Å². The Hall–Kier alpha value is -1.15. The number of likely N-dealkylation sites (tertiary alicyclic amines) is 1. The molecule has 3 rings (SSSR count). The smallest absolute Gasteiger partial charge is 0.191 e. The van der Waals surface area contributed by atoms with Crippen molar-refractivity contribution in [1.82, 2.24) is 20.4 Å². The van der Waals surface area contributed by atoms with E-state index in [1.54, 1.807) is 0 Å². The molecule has 2 aliphatic heterocycles. The van der Waals surface area contributed by atoms with Crippen LogP contribution in [-0.2, 0) is 4.74 Å². The molecule has 2 N–H and O–H groups in total. The lowest BCUT2D eigenvalue weighted by atomic mass is 10.1. The lowest BCUT2D eigenvalue weighted by molar-refractivity contribution is 0.0186. The lowest BCUT2D eigenvalue weighted by Crippen LogP contribution is -2.42. The second-order valence-electron chi connectivity index (χ2n) is 7.33. The third-order valence-electron chi connectivity index (χ3n) is 5.50. The van der Waals surface area contributed by atoms with Gasteiger partial charge < -0.3 is 20.3 Å². The van der Waals surface area contributed by atoms with Crippen LogP contribution in [-0.4, -0.2) is 81.3 Å². The van der Waals surface area contributed by atoms with Gasteiger partial charge in [0.15, 0.2) is 5.96 Å². The number of ether oxygens (including phenoxy) is 1. The van der Waals surface area contributed by atoms with Crippen LogP contribution in [0, 0.1) is 5.92 Å². The molecule has 152 valence electrons. The first kappa shape index (κ1) is 20.6. The predicted molar refractivity (Wildman–Crippen MR) is 114 cm³/mol. The van der Waals surface area contributed by atoms with Crippen molar-refractivity contribution in [3.63, 3.8) is 0 Å². The van der Waals surface area contributed by atoms with Crippen LogP contribution in [0.1, 0.15) is 31.2 Å². The van der Waals surface area contributed by atoms with E-state index in [1.165, 1.54) is 24.4 Å². The van der Waals surface area contributed by atoms with Crippen molar-refractivity contribution in [1.29, 1.82) is 0 Å². The lowest BCUT2D eigenvalue weighted by Gasteiger charge is -2.33. The van der Waals surface area contributed by atoms with Crippen LogP contribution in [0.2, 0.25) is 0 Å². The number of thiophene rings is 1. The highest BCUT2D eigenvalue weighted by atomic mass is 32.1. The molecule has 1 aromatic rings. The van der Waals surface area contributed by atoms with Gasteiger partial charge in [-0.25, -0.2) is 0 Å². The topological polar surface area (TPSA) is 52.1 Å². The van der Waals surface area contributed by atoms with Gasteiger partial charge in [-0.2, -0.15) is 0 Å². The number of aliphatic imine (C=N–C) groups is 1. The van der Waals surface area contributed by atoms with Gasteiger partial charge in [-0.3, -0.25) is 9.89 Å². The van der Waals surface area contributed by atoms with Crippen LogP contribution in [0.5, 0.6) is 0 Å². The van der Waals surface area contributed by atoms with Crippen LogP contribution >= 0.6 is 11.3 Å². The van der Waals surface area contributed by atoms with Crippen molar-refractivity contribution in [2.45, 2.75) is 26.3 Å². The van der Waals surface area contributed by atoms with E-state index in [-0.39, 0.29) is 0 Å². The molecule has 6 nitrogen and oxygen atoms in total. The number of hydrogen-bond acceptors (Lipinski definition) is 5. The average molecular weight is 394 g/mol. The molecule has 0 radical (unpaired) electrons. The van der Waals surface area contributed by atoms with Crippen LogP contribution < -0.4 is 10.6 Å². The first-order valence-electron chi connectivity index (χ1n) is 10.4. The molecule has 27 heavy (non-hydrogen) atoms. The van der Waals surface area contributed by atoms with E-state index in [2.05, 4.69) is 51.8 Å². The molecule has 0 bridgehead atoms. The van der Waals surface area contributed by atoms with Gasteiger partial charge in [0, 0.05) is 37.6 Å². The number of hydrogen-bond donors (Lipinski definition) is 2. The zero-order valence-electron chi connectivity index (χ0n) is 16.8. The average Bonchev–Trinajstić information content (AvgIpc) is 3.39. The van der Waals surface area contributed by atoms with E-state index in [1.807, 2.05) is 11.3 Å². The summed E-state index contributed by atoms with van der Waals surface area (Å²) >= 11 is 1.83. The van der Waals surface area contributed by atoms with Crippen LogP contribution in [0.4, 0.5) is 0 Å². The second kappa shape index (κ2) is 11.0. The molecule has 2 saturated heterocycles. The fourth-order valence-corrected chi connectivity index (χ4v) is 4.73. The molecule has 1 aromatic heterocycles. The summed E-state index contributed by atoms with van der Waals surface area (Å²) in [6.45, 7) is 14.2. The molecule has 0 saturated carbocycles. The Morgan fingerprint density at radius 3 is 2.81 bits per heavy atom. The van der Waals surface area contributed by atoms with Crippen molar-refractivity contribution in [3.8, 4) is 0 Å². The fourth-order valence-electron chi connectivity index (χ4n) is 3.88. The quantitative estimate of drug-likeness (QED) is 0.523. The van der Waals surface area contributed by atoms with Gasteiger partial charge in [-0.05, 0) is 43.8 Å². The van der Waals surface area contributed by atoms with Crippen LogP contribution in [0.25, 0.3) is 0 Å². The van der Waals surface area contributed by atoms with Crippen LogP contribution in [0.3, 0.4) is 0 Å². The number of guanidine groups is 1. The fraction of sp³-hybridized carbons (Fsp3) is 0.750. The van der Waals surface area contributed by atoms with Crippen LogP contribution in [0.15, 0.2) is 22.5 Å². The van der Waals surface area contributed by atoms with E-state index >= 15 is 0 Å². The van der Waals surface area contributed by atoms with E-state index < -0.39 is 0 Å². The Bertz CT molecular complexity index is 559. The Kier molecular flexibility index (Phi) is 8.38. The highest BCUT2D eigenvalue weighted by Crippen LogP contribution is 2.26. The van der Waals surface area contributed by atoms with Gasteiger partial charge in [-0.15, -0.1) is 11.3 Å². The Labute approximate surface area is 168 Å². The summed E-state index contributed by atoms with van der Waals surface area (Å²) in [4.78, 5) is 11.4. The largest absolute Gasteiger partial charge is 0.379 e. The van der Waals surface area contributed by atoms with Crippen molar-refractivity contribution in [2.75, 3.05) is 65.6 Å². The minimum atomic E-state index is 0.339. The molecular weight excluding hydrogens is 358 g/mol. The molecule has 2 fully saturated rings. The number of nitrogens with one attached hydrogen (secondary N) is 2. The maximum absolute atomic E-state index is 5.54. The van der Waals surface area contributed by atoms with E-state index in [0.717, 1.165) is 64.4 Å². The summed E-state index contributed by atoms with van der Waals surface area (Å²) < 4.78 is 5.54. The summed E-state index contributed by atoms with van der Waals surface area (Å²) in [6.07, 6.45) is 1.28. The maximum Gasteiger partial charge on any atom is 0.191 e. The zero-order chi connectivity index (χ0) is 18.9. The van der Waals surface area contributed by atoms with Gasteiger partial charge in [0.2, 0.25) is 0 Å². The zero-order valence-corrected chi connectivity index (χ0v) is 17.6. The SMILES string of the molecule is CCNC(=NCC(c1cccs1)N1CCOCC1)NCC1CCN(CC)C1. The van der Waals surface area contributed by atoms with Gasteiger partial charge in [0.05, 0.1) is 25.8 Å². The second-order valence-corrected chi connectivity index (χ2v) is 8.31. The summed E-state index contributed by atoms with van der Waals surface area (Å²) in [6, 6.07) is 4.71. The van der Waals surface area contributed by atoms with Gasteiger partial charge >= 0.3 is 0 Å². The molecule has 0 aliphatic carbocycles. The summed E-state index contributed by atoms with van der Waals surface area (Å²) in [5.41, 5.74) is 0. The van der Waals surface area contributed by atoms with Gasteiger partial charge in [-0.1, -0.05) is 13.0 Å². The molecule has 2 atom stereocenters. The minimum absolute atomic E-state index is 0.339. The molecule has 2 aliphatic rings. The number of nitrogens with zero attached hydrogens (tertiary/aromatic N) is 3. The third kappa shape index (κ3) is 6.17. The molecule has 0 amide bonds. The summed E-state index contributed by atoms with van der Waals surface area (Å²) in [5.74, 6) is 1.67. The first-order valence-corrected chi connectivity index (χ1v) is 11.3. The Morgan fingerprint density at radius 1 is 1.30 bits per heavy atom. The molecule has 3 heterocycles. The number of rotatable bonds is 8. The monoisotopic (exact) mass is 393 g/mol. The Morgan fingerprint density at radius 2 is 2.15 bits per heavy atom. The summed E-state index contributed by atoms with van der Waals surface area (Å²) in [7, 11) is 0. The molecule has 0 aromatic carbocycles. The van der Waals surface area contributed by atoms with Crippen molar-refractivity contribution in [2.24, 2.45) is 10.9 Å². The maximum atomic E-state index is 5.54. The number of morpholine rings is 1. The van der Waals surface area contributed by atoms with E-state index in [0.29, 0.717) is 6.04 Å². The van der Waals surface area contributed by atoms with Crippen molar-refractivity contribution >= 4 is 17.3 Å². The first-order chi connectivity index (χ1) is 13.3. The molecule has 7 heteroatoms. The highest BCUT2D eigenvalue weighted by Gasteiger charge is 2.24. The molecule has 2 unspecified atom stereocenters. The predicted octanol–water partition coefficient (Wildman–Crippen LogP) is 2.02. The third-order valence-corrected chi connectivity index (χ3v) is 6.47. The standard InChI is InChI=1S/C20H35N5OS/c1-3-21-20(22-14-17-7-8-24(4-2)16-17)23-15-18(19-6-5-13-27-19)25-9-11-26-12-10-25/h5-6,13,17-18H,3-4,7-12,14-16H2,1-2H3,(H2,21,22,23). The molecular formula is C20H35N5OS. The normalized spacial score (nSPS) is 23.5. The molecule has 0 spiro atoms. The van der Waals surface area contributed by atoms with Gasteiger partial charge in [0.25, 0.3) is 0 Å². The van der Waals surface area contributed by atoms with Gasteiger partial charge in [0.1, 0.15) is 0 Å². The van der Waals surface area contributed by atoms with E-state index in [9.17, 15) is 0 Å². The van der Waals surface area contributed by atoms with E-state index in [4.69, 9.17) is 9.73 Å². The minimum Gasteiger partial charge on any atom is -0.379 e. The highest BCUT2D eigenvalue weighted by molar-refractivity contribution is 7.10. The van der Waals surface area contributed by atoms with Crippen molar-refractivity contribution < 1.29 is 4.74 Å². The summed E-state index contributed by atoms with van der Waals surface area (Å²) in [5, 5.41) is 9.17.